The molecule has 0 atom stereocenters. The Morgan fingerprint density at radius 1 is 0.889 bits per heavy atom. The highest BCUT2D eigenvalue weighted by Crippen LogP contribution is 2.49. The summed E-state index contributed by atoms with van der Waals surface area (Å²) in [6.45, 7) is 6.47. The van der Waals surface area contributed by atoms with E-state index in [0.29, 0.717) is 5.56 Å². The zero-order chi connectivity index (χ0) is 19.2. The maximum atomic E-state index is 13.4. The number of hydrogen-bond donors (Lipinski definition) is 1. The Kier molecular flexibility index (Phi) is 4.23. The largest absolute Gasteiger partial charge is 0.508 e. The third kappa shape index (κ3) is 3.21. The van der Waals surface area contributed by atoms with Gasteiger partial charge < -0.3 is 5.11 Å². The van der Waals surface area contributed by atoms with Crippen molar-refractivity contribution in [2.45, 2.75) is 36.0 Å². The Morgan fingerprint density at radius 2 is 1.56 bits per heavy atom. The Labute approximate surface area is 163 Å². The van der Waals surface area contributed by atoms with E-state index in [0.717, 1.165) is 21.2 Å². The predicted octanol–water partition coefficient (Wildman–Crippen LogP) is 6.13. The van der Waals surface area contributed by atoms with Gasteiger partial charge in [-0.2, -0.15) is 0 Å². The molecule has 3 aromatic rings. The fourth-order valence-electron chi connectivity index (χ4n) is 3.21. The third-order valence-electron chi connectivity index (χ3n) is 4.71. The minimum absolute atomic E-state index is 0.0417. The lowest BCUT2D eigenvalue weighted by Crippen LogP contribution is -2.28. The number of carbonyl (C=O) groups is 1. The van der Waals surface area contributed by atoms with Crippen molar-refractivity contribution in [2.24, 2.45) is 0 Å². The van der Waals surface area contributed by atoms with Gasteiger partial charge in [0.15, 0.2) is 0 Å². The molecule has 0 radical (unpaired) electrons. The molecule has 1 heterocycles. The second kappa shape index (κ2) is 6.46. The summed E-state index contributed by atoms with van der Waals surface area (Å²) in [5, 5.41) is 9.87. The topological polar surface area (TPSA) is 40.5 Å². The van der Waals surface area contributed by atoms with Gasteiger partial charge in [0, 0.05) is 15.4 Å². The monoisotopic (exact) mass is 375 g/mol. The summed E-state index contributed by atoms with van der Waals surface area (Å²) in [5.74, 6) is 0.123. The molecule has 1 aliphatic heterocycles. The normalized spacial score (nSPS) is 13.1. The number of fused-ring (bicyclic) bond motifs is 2. The molecule has 4 heteroatoms. The second-order valence-corrected chi connectivity index (χ2v) is 8.77. The lowest BCUT2D eigenvalue weighted by molar-refractivity contribution is 0.0998. The lowest BCUT2D eigenvalue weighted by Gasteiger charge is -2.31. The van der Waals surface area contributed by atoms with Crippen molar-refractivity contribution in [1.29, 1.82) is 0 Å². The van der Waals surface area contributed by atoms with Crippen LogP contribution in [-0.4, -0.2) is 11.0 Å². The van der Waals surface area contributed by atoms with E-state index in [-0.39, 0.29) is 17.1 Å². The number of nitrogens with zero attached hydrogens (tertiary/aromatic N) is 1. The summed E-state index contributed by atoms with van der Waals surface area (Å²) < 4.78 is 0. The molecule has 1 amide bonds. The highest BCUT2D eigenvalue weighted by atomic mass is 32.2. The summed E-state index contributed by atoms with van der Waals surface area (Å²) in [7, 11) is 0. The van der Waals surface area contributed by atoms with Gasteiger partial charge in [-0.25, -0.2) is 0 Å². The molecular weight excluding hydrogens is 354 g/mol. The number of benzene rings is 3. The standard InChI is InChI=1S/C23H21NO2S/c1-23(2,3)16-10-8-15(9-11-16)22(26)24-18-6-4-5-7-20(18)27-21-14-17(25)12-13-19(21)24/h4-14,25H,1-3H3. The molecule has 0 saturated heterocycles. The Morgan fingerprint density at radius 3 is 2.26 bits per heavy atom. The Bertz CT molecular complexity index is 1020. The van der Waals surface area contributed by atoms with Gasteiger partial charge in [-0.15, -0.1) is 0 Å². The van der Waals surface area contributed by atoms with E-state index in [1.54, 1.807) is 34.9 Å². The molecule has 3 nitrogen and oxygen atoms in total. The minimum Gasteiger partial charge on any atom is -0.508 e. The number of para-hydroxylation sites is 1. The lowest BCUT2D eigenvalue weighted by atomic mass is 9.86. The maximum absolute atomic E-state index is 13.4. The molecule has 0 aliphatic carbocycles. The Hall–Kier alpha value is -2.72. The van der Waals surface area contributed by atoms with Crippen molar-refractivity contribution in [1.82, 2.24) is 0 Å². The smallest absolute Gasteiger partial charge is 0.262 e. The fraction of sp³-hybridized carbons (Fsp3) is 0.174. The van der Waals surface area contributed by atoms with Crippen molar-refractivity contribution in [2.75, 3.05) is 4.90 Å². The van der Waals surface area contributed by atoms with E-state index in [1.807, 2.05) is 48.5 Å². The molecular formula is C23H21NO2S. The van der Waals surface area contributed by atoms with Crippen molar-refractivity contribution in [3.63, 3.8) is 0 Å². The van der Waals surface area contributed by atoms with Crippen LogP contribution in [0.15, 0.2) is 76.5 Å². The van der Waals surface area contributed by atoms with E-state index in [2.05, 4.69) is 20.8 Å². The SMILES string of the molecule is CC(C)(C)c1ccc(C(=O)N2c3ccccc3Sc3cc(O)ccc32)cc1. The van der Waals surface area contributed by atoms with E-state index in [4.69, 9.17) is 0 Å². The average Bonchev–Trinajstić information content (AvgIpc) is 2.65. The summed E-state index contributed by atoms with van der Waals surface area (Å²) in [6, 6.07) is 20.8. The van der Waals surface area contributed by atoms with Crippen LogP contribution < -0.4 is 4.90 Å². The number of aromatic hydroxyl groups is 1. The zero-order valence-corrected chi connectivity index (χ0v) is 16.4. The first kappa shape index (κ1) is 17.7. The van der Waals surface area contributed by atoms with Crippen LogP contribution in [0.5, 0.6) is 5.75 Å². The second-order valence-electron chi connectivity index (χ2n) is 7.69. The number of phenolic OH excluding ortho intramolecular Hbond substituents is 1. The number of phenols is 1. The van der Waals surface area contributed by atoms with Crippen LogP contribution in [0.4, 0.5) is 11.4 Å². The molecule has 0 saturated carbocycles. The molecule has 0 fully saturated rings. The van der Waals surface area contributed by atoms with Gasteiger partial charge in [0.1, 0.15) is 5.75 Å². The van der Waals surface area contributed by atoms with Crippen molar-refractivity contribution in [3.8, 4) is 5.75 Å². The predicted molar refractivity (Wildman–Crippen MR) is 110 cm³/mol. The first-order chi connectivity index (χ1) is 12.8. The van der Waals surface area contributed by atoms with Crippen LogP contribution in [0, 0.1) is 0 Å². The van der Waals surface area contributed by atoms with Gasteiger partial charge in [-0.3, -0.25) is 9.69 Å². The average molecular weight is 375 g/mol. The van der Waals surface area contributed by atoms with Crippen LogP contribution in [0.2, 0.25) is 0 Å². The zero-order valence-electron chi connectivity index (χ0n) is 15.6. The van der Waals surface area contributed by atoms with Gasteiger partial charge in [0.05, 0.1) is 11.4 Å². The van der Waals surface area contributed by atoms with E-state index < -0.39 is 0 Å². The maximum Gasteiger partial charge on any atom is 0.262 e. The number of carbonyl (C=O) groups excluding carboxylic acids is 1. The summed E-state index contributed by atoms with van der Waals surface area (Å²) in [5.41, 5.74) is 3.54. The van der Waals surface area contributed by atoms with Crippen LogP contribution in [0.25, 0.3) is 0 Å². The van der Waals surface area contributed by atoms with Crippen molar-refractivity contribution < 1.29 is 9.90 Å². The third-order valence-corrected chi connectivity index (χ3v) is 5.82. The fourth-order valence-corrected chi connectivity index (χ4v) is 4.30. The highest BCUT2D eigenvalue weighted by molar-refractivity contribution is 7.99. The van der Waals surface area contributed by atoms with Crippen LogP contribution in [0.3, 0.4) is 0 Å². The molecule has 0 bridgehead atoms. The molecule has 0 aromatic heterocycles. The van der Waals surface area contributed by atoms with Gasteiger partial charge in [-0.1, -0.05) is 56.8 Å². The molecule has 0 spiro atoms. The molecule has 3 aromatic carbocycles. The van der Waals surface area contributed by atoms with Crippen molar-refractivity contribution >= 4 is 29.0 Å². The molecule has 4 rings (SSSR count). The van der Waals surface area contributed by atoms with E-state index in [1.165, 1.54) is 5.56 Å². The highest BCUT2D eigenvalue weighted by Gasteiger charge is 2.29. The quantitative estimate of drug-likeness (QED) is 0.556. The van der Waals surface area contributed by atoms with E-state index in [9.17, 15) is 9.90 Å². The number of anilines is 2. The van der Waals surface area contributed by atoms with Gasteiger partial charge >= 0.3 is 0 Å². The number of rotatable bonds is 1. The van der Waals surface area contributed by atoms with Gasteiger partial charge in [0.2, 0.25) is 0 Å². The first-order valence-corrected chi connectivity index (χ1v) is 9.71. The van der Waals surface area contributed by atoms with Crippen molar-refractivity contribution in [3.05, 3.63) is 77.9 Å². The summed E-state index contributed by atoms with van der Waals surface area (Å²) >= 11 is 1.56. The Balaban J connectivity index is 1.80. The van der Waals surface area contributed by atoms with Crippen LogP contribution >= 0.6 is 11.8 Å². The number of amides is 1. The molecule has 136 valence electrons. The number of hydrogen-bond acceptors (Lipinski definition) is 3. The van der Waals surface area contributed by atoms with Crippen LogP contribution in [-0.2, 0) is 5.41 Å². The molecule has 0 unspecified atom stereocenters. The molecule has 1 aliphatic rings. The first-order valence-electron chi connectivity index (χ1n) is 8.89. The summed E-state index contributed by atoms with van der Waals surface area (Å²) in [4.78, 5) is 17.0. The molecule has 27 heavy (non-hydrogen) atoms. The summed E-state index contributed by atoms with van der Waals surface area (Å²) in [6.07, 6.45) is 0. The van der Waals surface area contributed by atoms with Gasteiger partial charge in [0.25, 0.3) is 5.91 Å². The van der Waals surface area contributed by atoms with Gasteiger partial charge in [-0.05, 0) is 53.4 Å². The molecule has 1 N–H and O–H groups in total. The van der Waals surface area contributed by atoms with E-state index >= 15 is 0 Å². The van der Waals surface area contributed by atoms with Crippen LogP contribution in [0.1, 0.15) is 36.7 Å². The minimum atomic E-state index is -0.0739.